The fourth-order valence-electron chi connectivity index (χ4n) is 3.48. The van der Waals surface area contributed by atoms with Crippen molar-refractivity contribution in [2.75, 3.05) is 16.4 Å². The molecular weight excluding hydrogens is 376 g/mol. The zero-order chi connectivity index (χ0) is 22.2. The molecule has 30 heavy (non-hydrogen) atoms. The Labute approximate surface area is 176 Å². The fourth-order valence-corrected chi connectivity index (χ4v) is 3.48. The Morgan fingerprint density at radius 3 is 1.50 bits per heavy atom. The second-order valence-corrected chi connectivity index (χ2v) is 7.57. The Morgan fingerprint density at radius 1 is 0.700 bits per heavy atom. The SMILES string of the molecule is Cc1cc(N(C(=O)c2cccc(C(N)=O)c2)c2cc(C)c(N)c(C)c2)cc(C)c1N. The van der Waals surface area contributed by atoms with Crippen LogP contribution in [0, 0.1) is 27.7 Å². The van der Waals surface area contributed by atoms with Crippen molar-refractivity contribution in [3.05, 3.63) is 81.9 Å². The molecule has 6 N–H and O–H groups in total. The quantitative estimate of drug-likeness (QED) is 0.568. The van der Waals surface area contributed by atoms with Gasteiger partial charge in [-0.15, -0.1) is 0 Å². The highest BCUT2D eigenvalue weighted by molar-refractivity contribution is 6.12. The molecule has 0 aliphatic carbocycles. The summed E-state index contributed by atoms with van der Waals surface area (Å²) < 4.78 is 0. The van der Waals surface area contributed by atoms with E-state index in [4.69, 9.17) is 17.2 Å². The summed E-state index contributed by atoms with van der Waals surface area (Å²) in [5.74, 6) is -0.875. The van der Waals surface area contributed by atoms with Gasteiger partial charge in [0.1, 0.15) is 0 Å². The zero-order valence-corrected chi connectivity index (χ0v) is 17.6. The van der Waals surface area contributed by atoms with E-state index in [9.17, 15) is 9.59 Å². The van der Waals surface area contributed by atoms with Crippen molar-refractivity contribution in [1.82, 2.24) is 0 Å². The lowest BCUT2D eigenvalue weighted by Gasteiger charge is -2.26. The smallest absolute Gasteiger partial charge is 0.262 e. The number of nitrogens with two attached hydrogens (primary N) is 3. The Morgan fingerprint density at radius 2 is 1.10 bits per heavy atom. The minimum absolute atomic E-state index is 0.273. The number of anilines is 4. The van der Waals surface area contributed by atoms with Crippen LogP contribution < -0.4 is 22.1 Å². The van der Waals surface area contributed by atoms with Gasteiger partial charge in [-0.1, -0.05) is 6.07 Å². The first kappa shape index (κ1) is 20.9. The predicted octanol–water partition coefficient (Wildman–Crippen LogP) is 4.16. The van der Waals surface area contributed by atoms with Gasteiger partial charge in [-0.25, -0.2) is 0 Å². The fraction of sp³-hybridized carbons (Fsp3) is 0.167. The van der Waals surface area contributed by atoms with Gasteiger partial charge in [0.2, 0.25) is 5.91 Å². The number of nitrogens with zero attached hydrogens (tertiary/aromatic N) is 1. The number of hydrogen-bond acceptors (Lipinski definition) is 4. The first-order chi connectivity index (χ1) is 14.1. The third kappa shape index (κ3) is 3.85. The molecule has 0 saturated heterocycles. The van der Waals surface area contributed by atoms with Crippen LogP contribution in [0.15, 0.2) is 48.5 Å². The summed E-state index contributed by atoms with van der Waals surface area (Å²) in [6, 6.07) is 13.9. The van der Waals surface area contributed by atoms with Crippen LogP contribution in [0.5, 0.6) is 0 Å². The molecule has 0 radical (unpaired) electrons. The second kappa shape index (κ2) is 7.91. The summed E-state index contributed by atoms with van der Waals surface area (Å²) in [5.41, 5.74) is 24.5. The summed E-state index contributed by atoms with van der Waals surface area (Å²) in [6.07, 6.45) is 0. The highest BCUT2D eigenvalue weighted by atomic mass is 16.2. The van der Waals surface area contributed by atoms with Gasteiger partial charge in [0, 0.05) is 33.9 Å². The first-order valence-corrected chi connectivity index (χ1v) is 9.58. The Hall–Kier alpha value is -3.80. The van der Waals surface area contributed by atoms with Gasteiger partial charge >= 0.3 is 0 Å². The monoisotopic (exact) mass is 402 g/mol. The van der Waals surface area contributed by atoms with E-state index >= 15 is 0 Å². The maximum absolute atomic E-state index is 13.6. The van der Waals surface area contributed by atoms with Crippen molar-refractivity contribution < 1.29 is 9.59 Å². The molecule has 3 aromatic rings. The van der Waals surface area contributed by atoms with E-state index in [0.29, 0.717) is 28.3 Å². The second-order valence-electron chi connectivity index (χ2n) is 7.57. The first-order valence-electron chi connectivity index (χ1n) is 9.58. The molecule has 0 unspecified atom stereocenters. The van der Waals surface area contributed by atoms with Crippen molar-refractivity contribution in [3.63, 3.8) is 0 Å². The Bertz CT molecular complexity index is 1060. The zero-order valence-electron chi connectivity index (χ0n) is 17.6. The third-order valence-corrected chi connectivity index (χ3v) is 5.27. The van der Waals surface area contributed by atoms with Crippen LogP contribution in [0.4, 0.5) is 22.7 Å². The lowest BCUT2D eigenvalue weighted by Crippen LogP contribution is -2.27. The number of rotatable bonds is 4. The van der Waals surface area contributed by atoms with Gasteiger partial charge < -0.3 is 17.2 Å². The summed E-state index contributed by atoms with van der Waals surface area (Å²) >= 11 is 0. The normalized spacial score (nSPS) is 10.7. The van der Waals surface area contributed by atoms with Gasteiger partial charge in [-0.05, 0) is 92.4 Å². The topological polar surface area (TPSA) is 115 Å². The molecule has 0 fully saturated rings. The molecule has 6 heteroatoms. The van der Waals surface area contributed by atoms with Crippen LogP contribution >= 0.6 is 0 Å². The van der Waals surface area contributed by atoms with Gasteiger partial charge in [0.15, 0.2) is 0 Å². The summed E-state index contributed by atoms with van der Waals surface area (Å²) in [5, 5.41) is 0. The van der Waals surface area contributed by atoms with Crippen molar-refractivity contribution in [2.24, 2.45) is 5.73 Å². The number of carbonyl (C=O) groups excluding carboxylic acids is 2. The summed E-state index contributed by atoms with van der Waals surface area (Å²) in [4.78, 5) is 26.9. The van der Waals surface area contributed by atoms with Crippen LogP contribution in [-0.4, -0.2) is 11.8 Å². The Balaban J connectivity index is 2.24. The summed E-state index contributed by atoms with van der Waals surface area (Å²) in [6.45, 7) is 7.62. The minimum atomic E-state index is -0.588. The lowest BCUT2D eigenvalue weighted by molar-refractivity contribution is 0.0998. The van der Waals surface area contributed by atoms with Crippen LogP contribution in [0.1, 0.15) is 43.0 Å². The molecule has 6 nitrogen and oxygen atoms in total. The van der Waals surface area contributed by atoms with Gasteiger partial charge in [0.05, 0.1) is 0 Å². The molecule has 3 aromatic carbocycles. The highest BCUT2D eigenvalue weighted by Gasteiger charge is 2.23. The molecule has 0 aliphatic heterocycles. The van der Waals surface area contributed by atoms with E-state index in [1.807, 2.05) is 52.0 Å². The van der Waals surface area contributed by atoms with E-state index in [1.165, 1.54) is 6.07 Å². The number of hydrogen-bond donors (Lipinski definition) is 3. The molecule has 0 aromatic heterocycles. The molecule has 0 heterocycles. The minimum Gasteiger partial charge on any atom is -0.398 e. The molecule has 0 bridgehead atoms. The average Bonchev–Trinajstić information content (AvgIpc) is 2.70. The molecular formula is C24H26N4O2. The molecule has 154 valence electrons. The van der Waals surface area contributed by atoms with E-state index < -0.39 is 5.91 Å². The van der Waals surface area contributed by atoms with Crippen molar-refractivity contribution >= 4 is 34.6 Å². The van der Waals surface area contributed by atoms with Crippen LogP contribution in [0.3, 0.4) is 0 Å². The molecule has 0 spiro atoms. The average molecular weight is 402 g/mol. The highest BCUT2D eigenvalue weighted by Crippen LogP contribution is 2.34. The van der Waals surface area contributed by atoms with Gasteiger partial charge in [-0.2, -0.15) is 0 Å². The maximum Gasteiger partial charge on any atom is 0.262 e. The van der Waals surface area contributed by atoms with Crippen LogP contribution in [0.2, 0.25) is 0 Å². The van der Waals surface area contributed by atoms with Crippen molar-refractivity contribution in [3.8, 4) is 0 Å². The van der Waals surface area contributed by atoms with Crippen molar-refractivity contribution in [2.45, 2.75) is 27.7 Å². The van der Waals surface area contributed by atoms with Crippen LogP contribution in [0.25, 0.3) is 0 Å². The molecule has 3 rings (SSSR count). The predicted molar refractivity (Wildman–Crippen MR) is 122 cm³/mol. The summed E-state index contributed by atoms with van der Waals surface area (Å²) in [7, 11) is 0. The Kier molecular flexibility index (Phi) is 5.52. The van der Waals surface area contributed by atoms with Gasteiger partial charge in [0.25, 0.3) is 5.91 Å². The largest absolute Gasteiger partial charge is 0.398 e. The standard InChI is InChI=1S/C24H26N4O2/c1-13-8-19(9-14(2)21(13)25)28(20-10-15(3)22(26)16(4)11-20)24(30)18-7-5-6-17(12-18)23(27)29/h5-12H,25-26H2,1-4H3,(H2,27,29). The number of primary amides is 1. The number of amides is 2. The number of nitrogen functional groups attached to an aromatic ring is 2. The lowest BCUT2D eigenvalue weighted by atomic mass is 10.0. The number of benzene rings is 3. The molecule has 0 saturated carbocycles. The van der Waals surface area contributed by atoms with Crippen LogP contribution in [-0.2, 0) is 0 Å². The maximum atomic E-state index is 13.6. The van der Waals surface area contributed by atoms with Crippen molar-refractivity contribution in [1.29, 1.82) is 0 Å². The van der Waals surface area contributed by atoms with E-state index in [2.05, 4.69) is 0 Å². The number of aryl methyl sites for hydroxylation is 4. The molecule has 0 aliphatic rings. The van der Waals surface area contributed by atoms with Gasteiger partial charge in [-0.3, -0.25) is 14.5 Å². The third-order valence-electron chi connectivity index (χ3n) is 5.27. The van der Waals surface area contributed by atoms with E-state index in [1.54, 1.807) is 23.1 Å². The van der Waals surface area contributed by atoms with E-state index in [-0.39, 0.29) is 11.5 Å². The van der Waals surface area contributed by atoms with E-state index in [0.717, 1.165) is 22.3 Å². The number of carbonyl (C=O) groups is 2. The molecule has 2 amide bonds. The molecule has 0 atom stereocenters.